The van der Waals surface area contributed by atoms with Crippen molar-refractivity contribution in [1.29, 1.82) is 0 Å². The summed E-state index contributed by atoms with van der Waals surface area (Å²) in [7, 11) is -1.20. The summed E-state index contributed by atoms with van der Waals surface area (Å²) in [6.45, 7) is 2.05. The molecule has 2 heterocycles. The lowest BCUT2D eigenvalue weighted by atomic mass is 10.2. The number of hydrogen-bond acceptors (Lipinski definition) is 6. The van der Waals surface area contributed by atoms with E-state index in [0.29, 0.717) is 23.1 Å². The molecule has 7 heteroatoms. The predicted molar refractivity (Wildman–Crippen MR) is 69.4 cm³/mol. The summed E-state index contributed by atoms with van der Waals surface area (Å²) in [5.41, 5.74) is 0.315. The summed E-state index contributed by atoms with van der Waals surface area (Å²) < 4.78 is 17.3. The van der Waals surface area contributed by atoms with Crippen molar-refractivity contribution in [3.63, 3.8) is 0 Å². The zero-order chi connectivity index (χ0) is 13.4. The zero-order valence-corrected chi connectivity index (χ0v) is 11.4. The first-order valence-electron chi connectivity index (χ1n) is 6.42. The van der Waals surface area contributed by atoms with E-state index in [1.165, 1.54) is 6.20 Å². The maximum Gasteiger partial charge on any atom is 0.343 e. The molecule has 0 spiro atoms. The summed E-state index contributed by atoms with van der Waals surface area (Å²) in [5.74, 6) is 0.00461. The first-order chi connectivity index (χ1) is 9.20. The lowest BCUT2D eigenvalue weighted by Gasteiger charge is -2.16. The van der Waals surface area contributed by atoms with E-state index in [2.05, 4.69) is 15.3 Å². The molecule has 0 aromatic carbocycles. The molecule has 102 valence electrons. The van der Waals surface area contributed by atoms with E-state index < -0.39 is 16.8 Å². The number of ether oxygens (including phenoxy) is 1. The average Bonchev–Trinajstić information content (AvgIpc) is 2.82. The number of nitrogens with one attached hydrogen (secondary N) is 1. The smallest absolute Gasteiger partial charge is 0.343 e. The van der Waals surface area contributed by atoms with Gasteiger partial charge in [-0.3, -0.25) is 4.21 Å². The van der Waals surface area contributed by atoms with Crippen molar-refractivity contribution in [2.75, 3.05) is 11.9 Å². The van der Waals surface area contributed by atoms with Gasteiger partial charge in [-0.2, -0.15) is 0 Å². The molecule has 2 bridgehead atoms. The van der Waals surface area contributed by atoms with Crippen LogP contribution in [0.25, 0.3) is 0 Å². The molecule has 1 aromatic heterocycles. The van der Waals surface area contributed by atoms with Gasteiger partial charge in [-0.1, -0.05) is 6.42 Å². The first kappa shape index (κ1) is 12.5. The van der Waals surface area contributed by atoms with Crippen molar-refractivity contribution in [1.82, 2.24) is 9.97 Å². The number of hydrogen-bond donors (Lipinski definition) is 1. The molecule has 3 atom stereocenters. The molecule has 19 heavy (non-hydrogen) atoms. The van der Waals surface area contributed by atoms with Crippen molar-refractivity contribution in [2.24, 2.45) is 0 Å². The molecule has 0 saturated heterocycles. The zero-order valence-electron chi connectivity index (χ0n) is 10.6. The molecule has 2 aliphatic rings. The molecule has 1 aromatic rings. The third-order valence-corrected chi connectivity index (χ3v) is 5.16. The Bertz CT molecular complexity index is 549. The van der Waals surface area contributed by atoms with Crippen molar-refractivity contribution < 1.29 is 13.7 Å². The minimum absolute atomic E-state index is 0.0370. The van der Waals surface area contributed by atoms with Gasteiger partial charge in [-0.15, -0.1) is 0 Å². The Kier molecular flexibility index (Phi) is 3.22. The molecule has 1 fully saturated rings. The average molecular weight is 281 g/mol. The highest BCUT2D eigenvalue weighted by Crippen LogP contribution is 2.32. The standard InChI is InChI=1S/C12H15N3O3S/c1-2-18-11(16)7-6-13-12-15-10(7)14-8-4-3-5-9(8)19(12)17/h6,8-9H,2-5H2,1H3,(H,13,14,15). The van der Waals surface area contributed by atoms with Crippen LogP contribution in [0.3, 0.4) is 0 Å². The fourth-order valence-electron chi connectivity index (χ4n) is 2.59. The Morgan fingerprint density at radius 3 is 3.21 bits per heavy atom. The predicted octanol–water partition coefficient (Wildman–Crippen LogP) is 1.11. The van der Waals surface area contributed by atoms with Gasteiger partial charge in [0, 0.05) is 12.2 Å². The fraction of sp³-hybridized carbons (Fsp3) is 0.583. The quantitative estimate of drug-likeness (QED) is 0.646. The van der Waals surface area contributed by atoms with Gasteiger partial charge in [0.05, 0.1) is 22.7 Å². The second-order valence-electron chi connectivity index (χ2n) is 4.65. The number of carbonyl (C=O) groups excluding carboxylic acids is 1. The summed E-state index contributed by atoms with van der Waals surface area (Å²) >= 11 is 0. The first-order valence-corrected chi connectivity index (χ1v) is 7.63. The molecule has 6 nitrogen and oxygen atoms in total. The van der Waals surface area contributed by atoms with Gasteiger partial charge in [0.15, 0.2) is 0 Å². The van der Waals surface area contributed by atoms with Crippen LogP contribution < -0.4 is 5.32 Å². The van der Waals surface area contributed by atoms with Crippen molar-refractivity contribution in [2.45, 2.75) is 42.6 Å². The third kappa shape index (κ3) is 2.11. The van der Waals surface area contributed by atoms with E-state index >= 15 is 0 Å². The summed E-state index contributed by atoms with van der Waals surface area (Å²) in [6.07, 6.45) is 4.29. The lowest BCUT2D eigenvalue weighted by Crippen LogP contribution is -2.30. The normalized spacial score (nSPS) is 28.2. The van der Waals surface area contributed by atoms with Crippen LogP contribution in [-0.4, -0.2) is 38.0 Å². The number of fused-ring (bicyclic) bond motifs is 3. The lowest BCUT2D eigenvalue weighted by molar-refractivity contribution is 0.0526. The highest BCUT2D eigenvalue weighted by Gasteiger charge is 2.37. The van der Waals surface area contributed by atoms with Gasteiger partial charge in [-0.25, -0.2) is 14.8 Å². The van der Waals surface area contributed by atoms with E-state index in [9.17, 15) is 9.00 Å². The monoisotopic (exact) mass is 281 g/mol. The Morgan fingerprint density at radius 1 is 1.58 bits per heavy atom. The summed E-state index contributed by atoms with van der Waals surface area (Å²) in [6, 6.07) is 0.100. The van der Waals surface area contributed by atoms with Gasteiger partial charge >= 0.3 is 5.97 Å². The van der Waals surface area contributed by atoms with Crippen molar-refractivity contribution in [3.05, 3.63) is 11.8 Å². The van der Waals surface area contributed by atoms with Crippen LogP contribution >= 0.6 is 0 Å². The third-order valence-electron chi connectivity index (χ3n) is 3.49. The van der Waals surface area contributed by atoms with Gasteiger partial charge in [-0.05, 0) is 19.8 Å². The SMILES string of the molecule is CCOC(=O)c1cnc2nc1NC1CCCC1S2=O. The van der Waals surface area contributed by atoms with Crippen LogP contribution in [0.4, 0.5) is 5.82 Å². The van der Waals surface area contributed by atoms with Gasteiger partial charge in [0.2, 0.25) is 5.16 Å². The van der Waals surface area contributed by atoms with Crippen LogP contribution in [0, 0.1) is 0 Å². The Morgan fingerprint density at radius 2 is 2.42 bits per heavy atom. The van der Waals surface area contributed by atoms with Crippen molar-refractivity contribution >= 4 is 22.6 Å². The Hall–Kier alpha value is -1.50. The van der Waals surface area contributed by atoms with Gasteiger partial charge < -0.3 is 10.1 Å². The van der Waals surface area contributed by atoms with Crippen LogP contribution in [0.15, 0.2) is 11.4 Å². The van der Waals surface area contributed by atoms with E-state index in [1.54, 1.807) is 6.92 Å². The highest BCUT2D eigenvalue weighted by atomic mass is 32.2. The fourth-order valence-corrected chi connectivity index (χ4v) is 4.08. The number of esters is 1. The molecule has 3 unspecified atom stereocenters. The molecule has 1 N–H and O–H groups in total. The maximum absolute atomic E-state index is 12.3. The Balaban J connectivity index is 2.00. The van der Waals surface area contributed by atoms with Crippen LogP contribution in [-0.2, 0) is 15.5 Å². The topological polar surface area (TPSA) is 81.2 Å². The molecule has 1 aliphatic carbocycles. The number of nitrogens with zero attached hydrogens (tertiary/aromatic N) is 2. The summed E-state index contributed by atoms with van der Waals surface area (Å²) in [4.78, 5) is 20.1. The van der Waals surface area contributed by atoms with E-state index in [0.717, 1.165) is 19.3 Å². The van der Waals surface area contributed by atoms with Crippen LogP contribution in [0.1, 0.15) is 36.5 Å². The second kappa shape index (κ2) is 4.88. The molecule has 0 radical (unpaired) electrons. The molecule has 1 aliphatic heterocycles. The van der Waals surface area contributed by atoms with Crippen molar-refractivity contribution in [3.8, 4) is 0 Å². The number of aromatic nitrogens is 2. The van der Waals surface area contributed by atoms with Gasteiger partial charge in [0.25, 0.3) is 0 Å². The Labute approximate surface area is 113 Å². The van der Waals surface area contributed by atoms with E-state index in [4.69, 9.17) is 4.74 Å². The minimum Gasteiger partial charge on any atom is -0.462 e. The van der Waals surface area contributed by atoms with E-state index in [-0.39, 0.29) is 11.3 Å². The number of carbonyl (C=O) groups is 1. The molecule has 1 saturated carbocycles. The van der Waals surface area contributed by atoms with E-state index in [1.807, 2.05) is 0 Å². The van der Waals surface area contributed by atoms with Crippen LogP contribution in [0.2, 0.25) is 0 Å². The second-order valence-corrected chi connectivity index (χ2v) is 6.22. The molecule has 3 rings (SSSR count). The number of rotatable bonds is 2. The van der Waals surface area contributed by atoms with Gasteiger partial charge in [0.1, 0.15) is 11.4 Å². The van der Waals surface area contributed by atoms with Crippen LogP contribution in [0.5, 0.6) is 0 Å². The molecular formula is C12H15N3O3S. The summed E-state index contributed by atoms with van der Waals surface area (Å²) in [5, 5.41) is 3.58. The molecule has 0 amide bonds. The number of anilines is 1. The highest BCUT2D eigenvalue weighted by molar-refractivity contribution is 7.85. The minimum atomic E-state index is -1.20. The molecular weight excluding hydrogens is 266 g/mol. The maximum atomic E-state index is 12.3. The largest absolute Gasteiger partial charge is 0.462 e.